The zero-order valence-corrected chi connectivity index (χ0v) is 12.6. The van der Waals surface area contributed by atoms with Gasteiger partial charge in [-0.25, -0.2) is 4.98 Å². The summed E-state index contributed by atoms with van der Waals surface area (Å²) >= 11 is 0. The van der Waals surface area contributed by atoms with Gasteiger partial charge in [-0.15, -0.1) is 0 Å². The van der Waals surface area contributed by atoms with Crippen molar-refractivity contribution >= 4 is 5.91 Å². The van der Waals surface area contributed by atoms with Gasteiger partial charge in [0.15, 0.2) is 6.61 Å². The average Bonchev–Trinajstić information content (AvgIpc) is 2.61. The third kappa shape index (κ3) is 3.94. The summed E-state index contributed by atoms with van der Waals surface area (Å²) in [6, 6.07) is 5.03. The van der Waals surface area contributed by atoms with Crippen molar-refractivity contribution in [1.29, 1.82) is 0 Å². The number of amides is 1. The molecular weight excluding hydrogens is 296 g/mol. The van der Waals surface area contributed by atoms with Crippen molar-refractivity contribution in [3.8, 4) is 5.75 Å². The lowest BCUT2D eigenvalue weighted by molar-refractivity contribution is -0.134. The van der Waals surface area contributed by atoms with Crippen molar-refractivity contribution in [2.45, 2.75) is 18.8 Å². The van der Waals surface area contributed by atoms with Crippen molar-refractivity contribution in [3.63, 3.8) is 0 Å². The summed E-state index contributed by atoms with van der Waals surface area (Å²) in [6.07, 6.45) is 6.44. The van der Waals surface area contributed by atoms with E-state index in [1.165, 1.54) is 12.4 Å². The quantitative estimate of drug-likeness (QED) is 0.907. The monoisotopic (exact) mass is 314 g/mol. The summed E-state index contributed by atoms with van der Waals surface area (Å²) in [5.41, 5.74) is 0.567. The summed E-state index contributed by atoms with van der Waals surface area (Å²) < 4.78 is 5.46. The fourth-order valence-corrected chi connectivity index (χ4v) is 2.72. The Hall–Kier alpha value is -2.70. The van der Waals surface area contributed by atoms with E-state index in [4.69, 9.17) is 4.74 Å². The molecule has 1 N–H and O–H groups in total. The van der Waals surface area contributed by atoms with Crippen LogP contribution in [0.25, 0.3) is 0 Å². The number of pyridine rings is 1. The normalized spacial score (nSPS) is 17.7. The summed E-state index contributed by atoms with van der Waals surface area (Å²) in [5, 5.41) is 0. The summed E-state index contributed by atoms with van der Waals surface area (Å²) in [5.74, 6) is 0.599. The van der Waals surface area contributed by atoms with Crippen LogP contribution in [0.3, 0.4) is 0 Å². The average molecular weight is 314 g/mol. The van der Waals surface area contributed by atoms with Crippen molar-refractivity contribution in [2.75, 3.05) is 19.7 Å². The van der Waals surface area contributed by atoms with Crippen LogP contribution in [0, 0.1) is 0 Å². The Labute approximate surface area is 133 Å². The van der Waals surface area contributed by atoms with Crippen LogP contribution in [0.1, 0.15) is 24.5 Å². The van der Waals surface area contributed by atoms with Crippen LogP contribution in [0.15, 0.2) is 41.7 Å². The number of likely N-dealkylation sites (tertiary alicyclic amines) is 1. The van der Waals surface area contributed by atoms with Crippen LogP contribution in [0.5, 0.6) is 5.75 Å². The van der Waals surface area contributed by atoms with Gasteiger partial charge in [-0.05, 0) is 25.0 Å². The predicted molar refractivity (Wildman–Crippen MR) is 83.1 cm³/mol. The smallest absolute Gasteiger partial charge is 0.260 e. The van der Waals surface area contributed by atoms with Crippen LogP contribution < -0.4 is 10.3 Å². The number of aromatic amines is 1. The molecule has 0 aliphatic carbocycles. The first-order valence-corrected chi connectivity index (χ1v) is 7.57. The molecule has 0 aromatic carbocycles. The highest BCUT2D eigenvalue weighted by Crippen LogP contribution is 2.24. The summed E-state index contributed by atoms with van der Waals surface area (Å²) in [7, 11) is 0. The molecule has 0 spiro atoms. The molecule has 2 aromatic heterocycles. The van der Waals surface area contributed by atoms with Gasteiger partial charge >= 0.3 is 0 Å². The molecule has 1 amide bonds. The van der Waals surface area contributed by atoms with Gasteiger partial charge in [0.25, 0.3) is 11.5 Å². The lowest BCUT2D eigenvalue weighted by atomic mass is 9.94. The van der Waals surface area contributed by atoms with Crippen LogP contribution in [-0.4, -0.2) is 45.5 Å². The Morgan fingerprint density at radius 1 is 1.48 bits per heavy atom. The van der Waals surface area contributed by atoms with E-state index < -0.39 is 0 Å². The number of nitrogens with zero attached hydrogens (tertiary/aromatic N) is 3. The second kappa shape index (κ2) is 7.04. The van der Waals surface area contributed by atoms with Gasteiger partial charge in [-0.3, -0.25) is 14.6 Å². The molecule has 1 aliphatic heterocycles. The molecule has 7 heteroatoms. The molecule has 0 saturated carbocycles. The SMILES string of the molecule is O=C(COc1cccnc1)N1CCCC(c2cc(=O)[nH]cn2)C1. The van der Waals surface area contributed by atoms with E-state index in [-0.39, 0.29) is 24.0 Å². The van der Waals surface area contributed by atoms with Crippen LogP contribution in [0.4, 0.5) is 0 Å². The number of ether oxygens (including phenoxy) is 1. The molecule has 1 aliphatic rings. The van der Waals surface area contributed by atoms with E-state index in [0.717, 1.165) is 18.5 Å². The Morgan fingerprint density at radius 2 is 2.39 bits per heavy atom. The second-order valence-electron chi connectivity index (χ2n) is 5.49. The third-order valence-electron chi connectivity index (χ3n) is 3.89. The standard InChI is InChI=1S/C16H18N4O3/c21-15-7-14(18-11-19-15)12-3-2-6-20(9-12)16(22)10-23-13-4-1-5-17-8-13/h1,4-5,7-8,11-12H,2-3,6,9-10H2,(H,18,19,21). The number of carbonyl (C=O) groups is 1. The van der Waals surface area contributed by atoms with E-state index >= 15 is 0 Å². The largest absolute Gasteiger partial charge is 0.482 e. The Kier molecular flexibility index (Phi) is 4.65. The maximum atomic E-state index is 12.3. The van der Waals surface area contributed by atoms with E-state index in [9.17, 15) is 9.59 Å². The van der Waals surface area contributed by atoms with Gasteiger partial charge < -0.3 is 14.6 Å². The number of hydrogen-bond acceptors (Lipinski definition) is 5. The first-order chi connectivity index (χ1) is 11.2. The molecule has 7 nitrogen and oxygen atoms in total. The highest BCUT2D eigenvalue weighted by atomic mass is 16.5. The van der Waals surface area contributed by atoms with Gasteiger partial charge in [0.1, 0.15) is 5.75 Å². The Bertz CT molecular complexity index is 717. The van der Waals surface area contributed by atoms with E-state index in [1.54, 1.807) is 29.4 Å². The van der Waals surface area contributed by atoms with Crippen LogP contribution in [-0.2, 0) is 4.79 Å². The highest BCUT2D eigenvalue weighted by molar-refractivity contribution is 5.78. The number of carbonyl (C=O) groups excluding carboxylic acids is 1. The molecule has 2 aromatic rings. The molecule has 0 radical (unpaired) electrons. The number of aromatic nitrogens is 3. The van der Waals surface area contributed by atoms with Crippen LogP contribution in [0.2, 0.25) is 0 Å². The van der Waals surface area contributed by atoms with Gasteiger partial charge in [0, 0.05) is 31.3 Å². The molecule has 3 heterocycles. The maximum Gasteiger partial charge on any atom is 0.260 e. The molecule has 1 saturated heterocycles. The maximum absolute atomic E-state index is 12.3. The number of H-pyrrole nitrogens is 1. The second-order valence-corrected chi connectivity index (χ2v) is 5.49. The first-order valence-electron chi connectivity index (χ1n) is 7.57. The predicted octanol–water partition coefficient (Wildman–Crippen LogP) is 0.950. The summed E-state index contributed by atoms with van der Waals surface area (Å²) in [4.78, 5) is 36.2. The number of hydrogen-bond donors (Lipinski definition) is 1. The van der Waals surface area contributed by atoms with Gasteiger partial charge in [0.05, 0.1) is 18.2 Å². The molecule has 1 atom stereocenters. The van der Waals surface area contributed by atoms with Crippen LogP contribution >= 0.6 is 0 Å². The van der Waals surface area contributed by atoms with E-state index in [2.05, 4.69) is 15.0 Å². The number of nitrogens with one attached hydrogen (secondary N) is 1. The summed E-state index contributed by atoms with van der Waals surface area (Å²) in [6.45, 7) is 1.25. The fourth-order valence-electron chi connectivity index (χ4n) is 2.72. The minimum absolute atomic E-state index is 0.0127. The van der Waals surface area contributed by atoms with Crippen molar-refractivity contribution in [3.05, 3.63) is 53.0 Å². The number of piperidine rings is 1. The van der Waals surface area contributed by atoms with Gasteiger partial charge in [-0.1, -0.05) is 0 Å². The Balaban J connectivity index is 1.59. The topological polar surface area (TPSA) is 88.2 Å². The lowest BCUT2D eigenvalue weighted by Crippen LogP contribution is -2.41. The fraction of sp³-hybridized carbons (Fsp3) is 0.375. The van der Waals surface area contributed by atoms with Gasteiger partial charge in [-0.2, -0.15) is 0 Å². The minimum atomic E-state index is -0.168. The van der Waals surface area contributed by atoms with Crippen molar-refractivity contribution in [2.24, 2.45) is 0 Å². The molecule has 23 heavy (non-hydrogen) atoms. The minimum Gasteiger partial charge on any atom is -0.482 e. The highest BCUT2D eigenvalue weighted by Gasteiger charge is 2.26. The molecule has 3 rings (SSSR count). The molecule has 1 fully saturated rings. The van der Waals surface area contributed by atoms with E-state index in [1.807, 2.05) is 0 Å². The lowest BCUT2D eigenvalue weighted by Gasteiger charge is -2.32. The Morgan fingerprint density at radius 3 is 3.17 bits per heavy atom. The van der Waals surface area contributed by atoms with Gasteiger partial charge in [0.2, 0.25) is 0 Å². The zero-order chi connectivity index (χ0) is 16.1. The van der Waals surface area contributed by atoms with Crippen molar-refractivity contribution < 1.29 is 9.53 Å². The molecule has 0 bridgehead atoms. The molecule has 120 valence electrons. The third-order valence-corrected chi connectivity index (χ3v) is 3.89. The molecular formula is C16H18N4O3. The number of rotatable bonds is 4. The zero-order valence-electron chi connectivity index (χ0n) is 12.6. The van der Waals surface area contributed by atoms with E-state index in [0.29, 0.717) is 18.8 Å². The molecule has 1 unspecified atom stereocenters. The first kappa shape index (κ1) is 15.2. The van der Waals surface area contributed by atoms with Crippen molar-refractivity contribution in [1.82, 2.24) is 19.9 Å².